The Balaban J connectivity index is 1.50. The topological polar surface area (TPSA) is 141 Å². The number of anilines is 4. The first-order valence-electron chi connectivity index (χ1n) is 10.9. The Labute approximate surface area is 192 Å². The molecule has 3 aromatic rings. The molecular formula is C22H26N8O2S. The minimum absolute atomic E-state index is 0.0637. The first-order chi connectivity index (χ1) is 15.8. The van der Waals surface area contributed by atoms with Crippen LogP contribution in [-0.2, 0) is 15.6 Å². The van der Waals surface area contributed by atoms with Crippen LogP contribution in [0.3, 0.4) is 0 Å². The van der Waals surface area contributed by atoms with Crippen LogP contribution >= 0.6 is 0 Å². The van der Waals surface area contributed by atoms with E-state index in [1.807, 2.05) is 24.3 Å². The van der Waals surface area contributed by atoms with Gasteiger partial charge in [0.2, 0.25) is 0 Å². The number of nitrogens with one attached hydrogen (secondary N) is 2. The number of aromatic nitrogens is 3. The van der Waals surface area contributed by atoms with Crippen LogP contribution in [0.4, 0.5) is 23.0 Å². The van der Waals surface area contributed by atoms with Crippen LogP contribution in [0.25, 0.3) is 5.65 Å². The van der Waals surface area contributed by atoms with E-state index in [2.05, 4.69) is 31.7 Å². The van der Waals surface area contributed by atoms with Gasteiger partial charge in [-0.3, -0.25) is 0 Å². The van der Waals surface area contributed by atoms with Crippen molar-refractivity contribution in [3.8, 4) is 6.07 Å². The maximum absolute atomic E-state index is 12.1. The van der Waals surface area contributed by atoms with E-state index in [4.69, 9.17) is 5.73 Å². The van der Waals surface area contributed by atoms with E-state index in [1.54, 1.807) is 4.52 Å². The molecule has 172 valence electrons. The molecule has 1 saturated heterocycles. The molecule has 10 nitrogen and oxygen atoms in total. The van der Waals surface area contributed by atoms with E-state index in [1.165, 1.54) is 12.5 Å². The summed E-state index contributed by atoms with van der Waals surface area (Å²) in [6, 6.07) is 10.2. The summed E-state index contributed by atoms with van der Waals surface area (Å²) in [5, 5.41) is 20.4. The van der Waals surface area contributed by atoms with Crippen LogP contribution in [0, 0.1) is 11.3 Å². The van der Waals surface area contributed by atoms with E-state index < -0.39 is 9.84 Å². The van der Waals surface area contributed by atoms with Crippen molar-refractivity contribution in [2.75, 3.05) is 34.9 Å². The van der Waals surface area contributed by atoms with Gasteiger partial charge in [0, 0.05) is 48.9 Å². The summed E-state index contributed by atoms with van der Waals surface area (Å²) in [7, 11) is -3.23. The van der Waals surface area contributed by atoms with E-state index >= 15 is 0 Å². The quantitative estimate of drug-likeness (QED) is 0.476. The second kappa shape index (κ2) is 8.20. The van der Waals surface area contributed by atoms with E-state index in [0.29, 0.717) is 35.3 Å². The van der Waals surface area contributed by atoms with Gasteiger partial charge in [0.25, 0.3) is 0 Å². The highest BCUT2D eigenvalue weighted by Gasteiger charge is 2.24. The zero-order valence-electron chi connectivity index (χ0n) is 18.3. The minimum atomic E-state index is -3.23. The summed E-state index contributed by atoms with van der Waals surface area (Å²) in [4.78, 5) is 6.73. The van der Waals surface area contributed by atoms with Crippen molar-refractivity contribution in [2.45, 2.75) is 37.1 Å². The molecular weight excluding hydrogens is 440 g/mol. The van der Waals surface area contributed by atoms with Gasteiger partial charge in [-0.2, -0.15) is 14.9 Å². The van der Waals surface area contributed by atoms with Crippen LogP contribution in [0.15, 0.2) is 30.5 Å². The number of hydrogen-bond donors (Lipinski definition) is 3. The maximum Gasteiger partial charge on any atom is 0.177 e. The van der Waals surface area contributed by atoms with Gasteiger partial charge < -0.3 is 21.3 Å². The van der Waals surface area contributed by atoms with Crippen molar-refractivity contribution >= 4 is 38.5 Å². The average molecular weight is 467 g/mol. The van der Waals surface area contributed by atoms with Crippen LogP contribution in [0.2, 0.25) is 0 Å². The highest BCUT2D eigenvalue weighted by molar-refractivity contribution is 7.89. The lowest BCUT2D eigenvalue weighted by Gasteiger charge is -2.22. The standard InChI is InChI=1S/C22H26N8O2S/c1-33(31,32)13-14-8-18(4-5-19(14)29-7-6-16(24)12-29)26-20-9-21(27-17-2-3-17)30-22(28-20)15(10-23)11-25-30/h4-5,8-9,11,16-17,27H,2-3,6-7,12-13,24H2,1H3,(H,26,28). The summed E-state index contributed by atoms with van der Waals surface area (Å²) >= 11 is 0. The largest absolute Gasteiger partial charge is 0.370 e. The SMILES string of the molecule is CS(=O)(=O)Cc1cc(Nc2cc(NC3CC3)n3ncc(C#N)c3n2)ccc1N1CCC(N)C1. The number of rotatable bonds is 7. The molecule has 1 aliphatic carbocycles. The molecule has 33 heavy (non-hydrogen) atoms. The number of hydrogen-bond acceptors (Lipinski definition) is 9. The molecule has 2 aliphatic rings. The molecule has 0 amide bonds. The van der Waals surface area contributed by atoms with Crippen LogP contribution in [0.1, 0.15) is 30.4 Å². The Morgan fingerprint density at radius 3 is 2.76 bits per heavy atom. The Bertz CT molecular complexity index is 1360. The lowest BCUT2D eigenvalue weighted by atomic mass is 10.1. The Morgan fingerprint density at radius 1 is 1.27 bits per heavy atom. The molecule has 0 radical (unpaired) electrons. The maximum atomic E-state index is 12.1. The van der Waals surface area contributed by atoms with Crippen molar-refractivity contribution < 1.29 is 8.42 Å². The lowest BCUT2D eigenvalue weighted by Crippen LogP contribution is -2.27. The molecule has 2 fully saturated rings. The molecule has 1 atom stereocenters. The monoisotopic (exact) mass is 466 g/mol. The Morgan fingerprint density at radius 2 is 2.09 bits per heavy atom. The number of nitrogens with zero attached hydrogens (tertiary/aromatic N) is 5. The second-order valence-corrected chi connectivity index (χ2v) is 11.0. The van der Waals surface area contributed by atoms with E-state index in [9.17, 15) is 13.7 Å². The third-order valence-corrected chi connectivity index (χ3v) is 6.69. The highest BCUT2D eigenvalue weighted by Crippen LogP contribution is 2.31. The zero-order valence-corrected chi connectivity index (χ0v) is 19.1. The molecule has 1 saturated carbocycles. The van der Waals surface area contributed by atoms with Gasteiger partial charge in [0.1, 0.15) is 23.3 Å². The zero-order chi connectivity index (χ0) is 23.2. The Kier molecular flexibility index (Phi) is 5.34. The fourth-order valence-corrected chi connectivity index (χ4v) is 4.97. The summed E-state index contributed by atoms with van der Waals surface area (Å²) < 4.78 is 25.9. The van der Waals surface area contributed by atoms with Crippen molar-refractivity contribution in [3.63, 3.8) is 0 Å². The van der Waals surface area contributed by atoms with Gasteiger partial charge in [0.05, 0.1) is 11.9 Å². The van der Waals surface area contributed by atoms with Crippen molar-refractivity contribution in [1.29, 1.82) is 5.26 Å². The number of sulfone groups is 1. The van der Waals surface area contributed by atoms with Gasteiger partial charge in [-0.15, -0.1) is 0 Å². The molecule has 0 bridgehead atoms. The first kappa shape index (κ1) is 21.5. The lowest BCUT2D eigenvalue weighted by molar-refractivity contribution is 0.601. The second-order valence-electron chi connectivity index (χ2n) is 8.88. The first-order valence-corrected chi connectivity index (χ1v) is 13.0. The van der Waals surface area contributed by atoms with Gasteiger partial charge in [-0.25, -0.2) is 13.4 Å². The van der Waals surface area contributed by atoms with Crippen LogP contribution < -0.4 is 21.3 Å². The predicted molar refractivity (Wildman–Crippen MR) is 127 cm³/mol. The normalized spacial score (nSPS) is 18.5. The van der Waals surface area contributed by atoms with Gasteiger partial charge in [-0.05, 0) is 43.0 Å². The molecule has 5 rings (SSSR count). The number of fused-ring (bicyclic) bond motifs is 1. The smallest absolute Gasteiger partial charge is 0.177 e. The number of benzene rings is 1. The van der Waals surface area contributed by atoms with E-state index in [0.717, 1.165) is 42.9 Å². The third-order valence-electron chi connectivity index (χ3n) is 5.86. The molecule has 0 spiro atoms. The fourth-order valence-electron chi connectivity index (χ4n) is 4.17. The molecule has 4 N–H and O–H groups in total. The van der Waals surface area contributed by atoms with Crippen molar-refractivity contribution in [2.24, 2.45) is 5.73 Å². The van der Waals surface area contributed by atoms with Gasteiger partial charge >= 0.3 is 0 Å². The molecule has 1 aliphatic heterocycles. The van der Waals surface area contributed by atoms with Gasteiger partial charge in [0.15, 0.2) is 15.5 Å². The highest BCUT2D eigenvalue weighted by atomic mass is 32.2. The minimum Gasteiger partial charge on any atom is -0.370 e. The van der Waals surface area contributed by atoms with Gasteiger partial charge in [-0.1, -0.05) is 0 Å². The summed E-state index contributed by atoms with van der Waals surface area (Å²) in [5.74, 6) is 1.24. The summed E-state index contributed by atoms with van der Waals surface area (Å²) in [6.45, 7) is 1.51. The van der Waals surface area contributed by atoms with E-state index in [-0.39, 0.29) is 11.8 Å². The third kappa shape index (κ3) is 4.72. The summed E-state index contributed by atoms with van der Waals surface area (Å²) in [5.41, 5.74) is 9.24. The summed E-state index contributed by atoms with van der Waals surface area (Å²) in [6.07, 6.45) is 5.81. The van der Waals surface area contributed by atoms with Crippen LogP contribution in [-0.4, -0.2) is 54.4 Å². The van der Waals surface area contributed by atoms with Crippen molar-refractivity contribution in [1.82, 2.24) is 14.6 Å². The van der Waals surface area contributed by atoms with Crippen molar-refractivity contribution in [3.05, 3.63) is 41.6 Å². The molecule has 1 unspecified atom stereocenters. The van der Waals surface area contributed by atoms with Crippen LogP contribution in [0.5, 0.6) is 0 Å². The number of nitriles is 1. The predicted octanol–water partition coefficient (Wildman–Crippen LogP) is 2.00. The fraction of sp³-hybridized carbons (Fsp3) is 0.409. The Hall–Kier alpha value is -3.36. The average Bonchev–Trinajstić information content (AvgIpc) is 3.29. The number of nitrogens with two attached hydrogens (primary N) is 1. The molecule has 3 heterocycles. The molecule has 1 aromatic carbocycles. The molecule has 2 aromatic heterocycles. The molecule has 11 heteroatoms.